The van der Waals surface area contributed by atoms with Crippen molar-refractivity contribution in [2.45, 2.75) is 85.0 Å². The molecule has 2 heterocycles. The lowest BCUT2D eigenvalue weighted by atomic mass is 9.79. The molecule has 0 amide bonds. The molecule has 4 nitrogen and oxygen atoms in total. The number of hydrogen-bond donors (Lipinski definition) is 1. The average molecular weight is 774 g/mol. The largest absolute Gasteiger partial charge is 0.507 e. The topological polar surface area (TPSA) is 50.9 Å². The van der Waals surface area contributed by atoms with Crippen molar-refractivity contribution in [1.82, 2.24) is 14.5 Å². The fourth-order valence-electron chi connectivity index (χ4n) is 7.94. The van der Waals surface area contributed by atoms with Crippen molar-refractivity contribution in [3.8, 4) is 56.3 Å². The predicted octanol–water partition coefficient (Wildman–Crippen LogP) is 14.3. The van der Waals surface area contributed by atoms with Crippen LogP contribution in [0.2, 0.25) is 0 Å². The highest BCUT2D eigenvalue weighted by atomic mass is 16.3. The second kappa shape index (κ2) is 15.2. The van der Waals surface area contributed by atoms with Crippen molar-refractivity contribution in [2.75, 3.05) is 0 Å². The summed E-state index contributed by atoms with van der Waals surface area (Å²) in [6.45, 7) is 20.0. The number of phenols is 1. The molecule has 2 aromatic heterocycles. The molecule has 0 fully saturated rings. The van der Waals surface area contributed by atoms with E-state index in [2.05, 4.69) is 206 Å². The first-order chi connectivity index (χ1) is 28.0. The summed E-state index contributed by atoms with van der Waals surface area (Å²) in [4.78, 5) is 10.5. The third-order valence-corrected chi connectivity index (χ3v) is 11.4. The highest BCUT2D eigenvalue weighted by Crippen LogP contribution is 2.45. The number of fused-ring (bicyclic) bond motifs is 1. The van der Waals surface area contributed by atoms with Gasteiger partial charge in [0.05, 0.1) is 22.3 Å². The van der Waals surface area contributed by atoms with Crippen molar-refractivity contribution < 1.29 is 5.11 Å². The molecule has 0 radical (unpaired) electrons. The Hall–Kier alpha value is -6.26. The van der Waals surface area contributed by atoms with E-state index in [1.807, 2.05) is 12.3 Å². The third kappa shape index (κ3) is 8.10. The van der Waals surface area contributed by atoms with E-state index < -0.39 is 0 Å². The van der Waals surface area contributed by atoms with Crippen molar-refractivity contribution in [3.05, 3.63) is 180 Å². The fourth-order valence-corrected chi connectivity index (χ4v) is 7.94. The van der Waals surface area contributed by atoms with Crippen LogP contribution in [0.5, 0.6) is 5.75 Å². The van der Waals surface area contributed by atoms with Crippen LogP contribution in [0.15, 0.2) is 152 Å². The van der Waals surface area contributed by atoms with Crippen molar-refractivity contribution in [3.63, 3.8) is 0 Å². The van der Waals surface area contributed by atoms with Crippen molar-refractivity contribution in [1.29, 1.82) is 0 Å². The Labute approximate surface area is 350 Å². The van der Waals surface area contributed by atoms with E-state index in [0.717, 1.165) is 73.3 Å². The number of hydrogen-bond acceptors (Lipinski definition) is 3. The molecular weight excluding hydrogens is 719 g/mol. The first-order valence-corrected chi connectivity index (χ1v) is 20.8. The van der Waals surface area contributed by atoms with E-state index in [4.69, 9.17) is 9.97 Å². The first kappa shape index (κ1) is 39.6. The molecule has 6 aromatic carbocycles. The molecule has 296 valence electrons. The van der Waals surface area contributed by atoms with Crippen LogP contribution >= 0.6 is 0 Å². The van der Waals surface area contributed by atoms with Crippen LogP contribution in [-0.4, -0.2) is 19.6 Å². The van der Waals surface area contributed by atoms with Gasteiger partial charge in [0, 0.05) is 28.6 Å². The standard InChI is InChI=1S/C55H55N3O/c1-53(2,3)42-31-40(30-41(32-42)48-33-39(27-28-56-48)38-19-14-11-15-20-38)45-21-16-22-49-50(45)57-52(46-34-43(54(4,5)6)35-47(51(46)59)55(7,8)9)58(49)44-25-23-37(24-26-44)29-36-17-12-10-13-18-36/h10-28,30-35,59H,29H2,1-9H3. The van der Waals surface area contributed by atoms with Crippen LogP contribution in [0.4, 0.5) is 0 Å². The molecule has 1 N–H and O–H groups in total. The Bertz CT molecular complexity index is 2780. The molecule has 0 aliphatic heterocycles. The fraction of sp³-hybridized carbons (Fsp3) is 0.236. The summed E-state index contributed by atoms with van der Waals surface area (Å²) in [7, 11) is 0. The molecular formula is C55H55N3O. The van der Waals surface area contributed by atoms with Gasteiger partial charge in [0.25, 0.3) is 0 Å². The monoisotopic (exact) mass is 773 g/mol. The molecule has 0 bridgehead atoms. The average Bonchev–Trinajstić information content (AvgIpc) is 3.60. The van der Waals surface area contributed by atoms with Gasteiger partial charge in [-0.2, -0.15) is 0 Å². The molecule has 0 saturated carbocycles. The Kier molecular flexibility index (Phi) is 10.2. The normalized spacial score (nSPS) is 12.3. The summed E-state index contributed by atoms with van der Waals surface area (Å²) in [5.41, 5.74) is 15.1. The number of rotatable bonds is 7. The number of aromatic hydroxyl groups is 1. The molecule has 0 aliphatic carbocycles. The zero-order valence-electron chi connectivity index (χ0n) is 35.9. The maximum absolute atomic E-state index is 12.3. The van der Waals surface area contributed by atoms with Gasteiger partial charge in [0.15, 0.2) is 0 Å². The van der Waals surface area contributed by atoms with Crippen LogP contribution in [0.1, 0.15) is 90.1 Å². The van der Waals surface area contributed by atoms with E-state index in [1.54, 1.807) is 0 Å². The number of pyridine rings is 1. The molecule has 59 heavy (non-hydrogen) atoms. The van der Waals surface area contributed by atoms with Crippen LogP contribution in [-0.2, 0) is 22.7 Å². The van der Waals surface area contributed by atoms with Crippen LogP contribution in [0.25, 0.3) is 61.6 Å². The number of nitrogens with zero attached hydrogens (tertiary/aromatic N) is 3. The zero-order valence-corrected chi connectivity index (χ0v) is 35.9. The first-order valence-electron chi connectivity index (χ1n) is 20.8. The van der Waals surface area contributed by atoms with Gasteiger partial charge in [-0.05, 0) is 110 Å². The Morgan fingerprint density at radius 1 is 0.508 bits per heavy atom. The lowest BCUT2D eigenvalue weighted by Crippen LogP contribution is -2.17. The SMILES string of the molecule is CC(C)(C)c1cc(-c2cc(-c3ccccc3)ccn2)cc(-c2cccc3c2nc(-c2cc(C(C)(C)C)cc(C(C)(C)C)c2O)n3-c2ccc(Cc3ccccc3)cc2)c1. The van der Waals surface area contributed by atoms with Gasteiger partial charge in [-0.15, -0.1) is 0 Å². The minimum atomic E-state index is -0.295. The summed E-state index contributed by atoms with van der Waals surface area (Å²) >= 11 is 0. The lowest BCUT2D eigenvalue weighted by Gasteiger charge is -2.27. The van der Waals surface area contributed by atoms with Gasteiger partial charge < -0.3 is 5.11 Å². The summed E-state index contributed by atoms with van der Waals surface area (Å²) in [6, 6.07) is 51.8. The highest BCUT2D eigenvalue weighted by molar-refractivity contribution is 5.97. The van der Waals surface area contributed by atoms with Gasteiger partial charge in [-0.25, -0.2) is 4.98 Å². The van der Waals surface area contributed by atoms with E-state index in [0.29, 0.717) is 5.82 Å². The van der Waals surface area contributed by atoms with Gasteiger partial charge in [0.1, 0.15) is 11.6 Å². The number of phenolic OH excluding ortho intramolecular Hbond substituents is 1. The quantitative estimate of drug-likeness (QED) is 0.175. The van der Waals surface area contributed by atoms with Gasteiger partial charge in [0.2, 0.25) is 0 Å². The maximum atomic E-state index is 12.3. The van der Waals surface area contributed by atoms with Gasteiger partial charge in [-0.3, -0.25) is 9.55 Å². The molecule has 4 heteroatoms. The minimum absolute atomic E-state index is 0.121. The molecule has 0 unspecified atom stereocenters. The number of para-hydroxylation sites is 1. The summed E-state index contributed by atoms with van der Waals surface area (Å²) < 4.78 is 2.23. The predicted molar refractivity (Wildman–Crippen MR) is 248 cm³/mol. The molecule has 8 rings (SSSR count). The molecule has 0 atom stereocenters. The van der Waals surface area contributed by atoms with E-state index in [9.17, 15) is 5.11 Å². The number of benzene rings is 6. The van der Waals surface area contributed by atoms with E-state index >= 15 is 0 Å². The molecule has 0 spiro atoms. The summed E-state index contributed by atoms with van der Waals surface area (Å²) in [5, 5.41) is 12.3. The van der Waals surface area contributed by atoms with Gasteiger partial charge in [-0.1, -0.05) is 159 Å². The van der Waals surface area contributed by atoms with E-state index in [-0.39, 0.29) is 22.0 Å². The minimum Gasteiger partial charge on any atom is -0.507 e. The maximum Gasteiger partial charge on any atom is 0.149 e. The highest BCUT2D eigenvalue weighted by Gasteiger charge is 2.29. The summed E-state index contributed by atoms with van der Waals surface area (Å²) in [6.07, 6.45) is 2.76. The second-order valence-electron chi connectivity index (χ2n) is 19.0. The second-order valence-corrected chi connectivity index (χ2v) is 19.0. The van der Waals surface area contributed by atoms with Crippen LogP contribution in [0, 0.1) is 0 Å². The summed E-state index contributed by atoms with van der Waals surface area (Å²) in [5.74, 6) is 0.979. The Morgan fingerprint density at radius 3 is 1.80 bits per heavy atom. The Balaban J connectivity index is 1.37. The number of imidazole rings is 1. The lowest BCUT2D eigenvalue weighted by molar-refractivity contribution is 0.446. The van der Waals surface area contributed by atoms with Crippen molar-refractivity contribution >= 4 is 11.0 Å². The van der Waals surface area contributed by atoms with Crippen LogP contribution < -0.4 is 0 Å². The molecule has 0 saturated heterocycles. The Morgan fingerprint density at radius 2 is 1.14 bits per heavy atom. The van der Waals surface area contributed by atoms with Gasteiger partial charge >= 0.3 is 0 Å². The van der Waals surface area contributed by atoms with E-state index in [1.165, 1.54) is 16.7 Å². The zero-order chi connectivity index (χ0) is 41.7. The smallest absolute Gasteiger partial charge is 0.149 e. The van der Waals surface area contributed by atoms with Crippen LogP contribution in [0.3, 0.4) is 0 Å². The molecule has 0 aliphatic rings. The number of aromatic nitrogens is 3. The van der Waals surface area contributed by atoms with Crippen molar-refractivity contribution in [2.24, 2.45) is 0 Å². The third-order valence-electron chi connectivity index (χ3n) is 11.4. The molecule has 8 aromatic rings.